The third kappa shape index (κ3) is 3.10. The summed E-state index contributed by atoms with van der Waals surface area (Å²) in [6.45, 7) is 3.83. The Morgan fingerprint density at radius 3 is 2.54 bits per heavy atom. The average Bonchev–Trinajstić information content (AvgIpc) is 2.89. The van der Waals surface area contributed by atoms with Crippen molar-refractivity contribution in [1.29, 1.82) is 0 Å². The van der Waals surface area contributed by atoms with Crippen LogP contribution in [0.3, 0.4) is 0 Å². The van der Waals surface area contributed by atoms with Crippen LogP contribution in [0.25, 0.3) is 6.08 Å². The summed E-state index contributed by atoms with van der Waals surface area (Å²) < 4.78 is 5.25. The zero-order valence-corrected chi connectivity index (χ0v) is 12.9. The summed E-state index contributed by atoms with van der Waals surface area (Å²) in [5.41, 5.74) is 2.89. The van der Waals surface area contributed by atoms with Gasteiger partial charge in [-0.3, -0.25) is 19.7 Å². The Kier molecular flexibility index (Phi) is 4.24. The van der Waals surface area contributed by atoms with Crippen LogP contribution in [0, 0.1) is 0 Å². The molecule has 0 aliphatic carbocycles. The summed E-state index contributed by atoms with van der Waals surface area (Å²) in [4.78, 5) is 35.5. The van der Waals surface area contributed by atoms with E-state index in [1.807, 2.05) is 24.3 Å². The maximum absolute atomic E-state index is 12.0. The molecule has 0 unspecified atom stereocenters. The van der Waals surface area contributed by atoms with Crippen LogP contribution in [-0.4, -0.2) is 17.8 Å². The highest BCUT2D eigenvalue weighted by Gasteiger charge is 2.29. The van der Waals surface area contributed by atoms with E-state index in [4.69, 9.17) is 4.74 Å². The van der Waals surface area contributed by atoms with Crippen LogP contribution in [0.5, 0.6) is 0 Å². The van der Waals surface area contributed by atoms with Crippen LogP contribution >= 0.6 is 0 Å². The van der Waals surface area contributed by atoms with Crippen molar-refractivity contribution in [3.63, 3.8) is 0 Å². The molecule has 1 aliphatic rings. The van der Waals surface area contributed by atoms with Gasteiger partial charge in [-0.05, 0) is 22.8 Å². The second-order valence-corrected chi connectivity index (χ2v) is 5.41. The highest BCUT2D eigenvalue weighted by molar-refractivity contribution is 6.22. The number of rotatable bonds is 5. The predicted octanol–water partition coefficient (Wildman–Crippen LogP) is 2.50. The molecule has 0 fully saturated rings. The molecule has 24 heavy (non-hydrogen) atoms. The van der Waals surface area contributed by atoms with Crippen molar-refractivity contribution < 1.29 is 19.1 Å². The van der Waals surface area contributed by atoms with E-state index in [1.54, 1.807) is 24.3 Å². The van der Waals surface area contributed by atoms with Gasteiger partial charge in [0.2, 0.25) is 0 Å². The Bertz CT molecular complexity index is 837. The highest BCUT2D eigenvalue weighted by atomic mass is 16.5. The van der Waals surface area contributed by atoms with E-state index in [9.17, 15) is 14.4 Å². The van der Waals surface area contributed by atoms with Crippen LogP contribution < -0.4 is 5.32 Å². The van der Waals surface area contributed by atoms with Crippen molar-refractivity contribution in [3.05, 3.63) is 76.9 Å². The highest BCUT2D eigenvalue weighted by Crippen LogP contribution is 2.21. The van der Waals surface area contributed by atoms with Crippen LogP contribution in [0.1, 0.15) is 37.4 Å². The van der Waals surface area contributed by atoms with E-state index in [-0.39, 0.29) is 18.6 Å². The molecule has 2 amide bonds. The molecule has 3 rings (SSSR count). The van der Waals surface area contributed by atoms with E-state index in [1.165, 1.54) is 0 Å². The maximum atomic E-state index is 12.0. The van der Waals surface area contributed by atoms with Crippen LogP contribution in [0.4, 0.5) is 0 Å². The topological polar surface area (TPSA) is 72.5 Å². The molecule has 1 heterocycles. The van der Waals surface area contributed by atoms with Crippen molar-refractivity contribution in [1.82, 2.24) is 5.32 Å². The van der Waals surface area contributed by atoms with Crippen molar-refractivity contribution in [2.45, 2.75) is 13.0 Å². The molecule has 5 nitrogen and oxygen atoms in total. The number of ether oxygens (including phenoxy) is 1. The Hall–Kier alpha value is -3.21. The van der Waals surface area contributed by atoms with Gasteiger partial charge < -0.3 is 4.74 Å². The Labute approximate surface area is 138 Å². The van der Waals surface area contributed by atoms with Gasteiger partial charge >= 0.3 is 5.97 Å². The van der Waals surface area contributed by atoms with Gasteiger partial charge in [0.15, 0.2) is 0 Å². The van der Waals surface area contributed by atoms with Crippen molar-refractivity contribution in [2.24, 2.45) is 0 Å². The first-order valence-electron chi connectivity index (χ1n) is 7.43. The summed E-state index contributed by atoms with van der Waals surface area (Å²) in [6.07, 6.45) is 1.67. The molecular weight excluding hydrogens is 306 g/mol. The zero-order valence-electron chi connectivity index (χ0n) is 12.9. The lowest BCUT2D eigenvalue weighted by atomic mass is 10.0. The van der Waals surface area contributed by atoms with Gasteiger partial charge in [-0.15, -0.1) is 0 Å². The number of carbonyl (C=O) groups excluding carboxylic acids is 3. The number of carbonyl (C=O) groups is 3. The van der Waals surface area contributed by atoms with E-state index in [2.05, 4.69) is 11.9 Å². The number of benzene rings is 2. The normalized spacial score (nSPS) is 12.5. The predicted molar refractivity (Wildman–Crippen MR) is 88.3 cm³/mol. The Balaban J connectivity index is 1.66. The molecule has 2 aromatic carbocycles. The summed E-state index contributed by atoms with van der Waals surface area (Å²) in [5, 5.41) is 2.23. The number of fused-ring (bicyclic) bond motifs is 1. The van der Waals surface area contributed by atoms with Gasteiger partial charge in [0.25, 0.3) is 11.8 Å². The lowest BCUT2D eigenvalue weighted by Gasteiger charge is -2.07. The van der Waals surface area contributed by atoms with Gasteiger partial charge in [0.1, 0.15) is 6.61 Å². The summed E-state index contributed by atoms with van der Waals surface area (Å²) in [5.74, 6) is -1.37. The zero-order chi connectivity index (χ0) is 17.1. The molecular formula is C19H15NO4. The third-order valence-corrected chi connectivity index (χ3v) is 3.80. The first kappa shape index (κ1) is 15.7. The van der Waals surface area contributed by atoms with E-state index in [0.29, 0.717) is 11.1 Å². The lowest BCUT2D eigenvalue weighted by molar-refractivity contribution is -0.144. The van der Waals surface area contributed by atoms with Gasteiger partial charge in [0, 0.05) is 0 Å². The summed E-state index contributed by atoms with van der Waals surface area (Å²) >= 11 is 0. The molecule has 0 bridgehead atoms. The summed E-state index contributed by atoms with van der Waals surface area (Å²) in [7, 11) is 0. The van der Waals surface area contributed by atoms with Crippen molar-refractivity contribution in [3.8, 4) is 0 Å². The maximum Gasteiger partial charge on any atom is 0.310 e. The molecule has 120 valence electrons. The minimum absolute atomic E-state index is 0.0609. The second kappa shape index (κ2) is 6.50. The number of hydrogen-bond donors (Lipinski definition) is 1. The first-order valence-corrected chi connectivity index (χ1v) is 7.43. The molecule has 0 atom stereocenters. The van der Waals surface area contributed by atoms with Crippen molar-refractivity contribution >= 4 is 23.9 Å². The minimum Gasteiger partial charge on any atom is -0.461 e. The standard InChI is InChI=1S/C19H15NO4/c1-2-12-6-8-13(9-7-12)11-24-16(21)10-14-4-3-5-15-17(14)19(23)20-18(15)22/h2-9H,1,10-11H2,(H,20,22,23). The molecule has 2 aromatic rings. The number of esters is 1. The molecule has 0 spiro atoms. The smallest absolute Gasteiger partial charge is 0.310 e. The minimum atomic E-state index is -0.474. The fourth-order valence-electron chi connectivity index (χ4n) is 2.56. The van der Waals surface area contributed by atoms with E-state index in [0.717, 1.165) is 11.1 Å². The Morgan fingerprint density at radius 1 is 1.08 bits per heavy atom. The Morgan fingerprint density at radius 2 is 1.83 bits per heavy atom. The number of imide groups is 1. The molecule has 0 radical (unpaired) electrons. The quantitative estimate of drug-likeness (QED) is 0.678. The molecule has 0 saturated carbocycles. The number of amides is 2. The van der Waals surface area contributed by atoms with E-state index < -0.39 is 17.8 Å². The lowest BCUT2D eigenvalue weighted by Crippen LogP contribution is -2.20. The van der Waals surface area contributed by atoms with Crippen molar-refractivity contribution in [2.75, 3.05) is 0 Å². The molecule has 1 N–H and O–H groups in total. The fraction of sp³-hybridized carbons (Fsp3) is 0.105. The third-order valence-electron chi connectivity index (χ3n) is 3.80. The fourth-order valence-corrected chi connectivity index (χ4v) is 2.56. The average molecular weight is 321 g/mol. The van der Waals surface area contributed by atoms with Gasteiger partial charge in [-0.25, -0.2) is 0 Å². The molecule has 0 aromatic heterocycles. The number of nitrogens with one attached hydrogen (secondary N) is 1. The number of hydrogen-bond acceptors (Lipinski definition) is 4. The van der Waals surface area contributed by atoms with E-state index >= 15 is 0 Å². The van der Waals surface area contributed by atoms with Gasteiger partial charge in [-0.2, -0.15) is 0 Å². The van der Waals surface area contributed by atoms with Crippen LogP contribution in [0.15, 0.2) is 49.0 Å². The second-order valence-electron chi connectivity index (χ2n) is 5.41. The molecule has 0 saturated heterocycles. The molecule has 5 heteroatoms. The van der Waals surface area contributed by atoms with Crippen LogP contribution in [-0.2, 0) is 22.6 Å². The molecule has 1 aliphatic heterocycles. The monoisotopic (exact) mass is 321 g/mol. The summed E-state index contributed by atoms with van der Waals surface area (Å²) in [6, 6.07) is 12.3. The SMILES string of the molecule is C=Cc1ccc(COC(=O)Cc2cccc3c2C(=O)NC3=O)cc1. The van der Waals surface area contributed by atoms with Crippen LogP contribution in [0.2, 0.25) is 0 Å². The van der Waals surface area contributed by atoms with Gasteiger partial charge in [0.05, 0.1) is 17.5 Å². The van der Waals surface area contributed by atoms with Gasteiger partial charge in [-0.1, -0.05) is 49.1 Å². The largest absolute Gasteiger partial charge is 0.461 e. The first-order chi connectivity index (χ1) is 11.6.